The maximum atomic E-state index is 14.1. The Labute approximate surface area is 106 Å². The van der Waals surface area contributed by atoms with E-state index in [0.717, 1.165) is 35.5 Å². The summed E-state index contributed by atoms with van der Waals surface area (Å²) in [6.45, 7) is 5.07. The Kier molecular flexibility index (Phi) is 2.58. The number of aromatic amines is 1. The lowest BCUT2D eigenvalue weighted by Gasteiger charge is -2.24. The first-order valence-corrected chi connectivity index (χ1v) is 6.26. The van der Waals surface area contributed by atoms with Crippen LogP contribution < -0.4 is 4.90 Å². The summed E-state index contributed by atoms with van der Waals surface area (Å²) in [6.07, 6.45) is 2.61. The van der Waals surface area contributed by atoms with Gasteiger partial charge in [0.05, 0.1) is 11.4 Å². The zero-order valence-electron chi connectivity index (χ0n) is 10.6. The number of fused-ring (bicyclic) bond motifs is 1. The minimum atomic E-state index is -0.125. The molecular formula is C14H16FN3. The number of rotatable bonds is 2. The van der Waals surface area contributed by atoms with Gasteiger partial charge in [0, 0.05) is 24.3 Å². The van der Waals surface area contributed by atoms with Crippen LogP contribution in [0.4, 0.5) is 10.1 Å². The first-order chi connectivity index (χ1) is 8.68. The minimum absolute atomic E-state index is 0.125. The van der Waals surface area contributed by atoms with Crippen molar-refractivity contribution in [1.82, 2.24) is 10.2 Å². The van der Waals surface area contributed by atoms with E-state index < -0.39 is 0 Å². The number of hydrogen-bond acceptors (Lipinski definition) is 2. The number of H-pyrrole nitrogens is 1. The van der Waals surface area contributed by atoms with Gasteiger partial charge in [-0.1, -0.05) is 0 Å². The molecule has 1 aromatic heterocycles. The summed E-state index contributed by atoms with van der Waals surface area (Å²) in [7, 11) is 0. The lowest BCUT2D eigenvalue weighted by atomic mass is 10.0. The maximum Gasteiger partial charge on any atom is 0.146 e. The van der Waals surface area contributed by atoms with Gasteiger partial charge in [0.1, 0.15) is 5.82 Å². The number of anilines is 1. The van der Waals surface area contributed by atoms with Crippen LogP contribution in [0.1, 0.15) is 19.4 Å². The Morgan fingerprint density at radius 1 is 1.33 bits per heavy atom. The third kappa shape index (κ3) is 1.60. The summed E-state index contributed by atoms with van der Waals surface area (Å²) in [5.74, 6) is -0.125. The molecule has 2 aromatic rings. The molecule has 0 fully saturated rings. The van der Waals surface area contributed by atoms with Crippen LogP contribution in [0.5, 0.6) is 0 Å². The van der Waals surface area contributed by atoms with Gasteiger partial charge in [0.25, 0.3) is 0 Å². The van der Waals surface area contributed by atoms with Crippen LogP contribution in [0, 0.1) is 5.82 Å². The SMILES string of the molecule is CC(C)N1CCc2c(-c3ccn[nH]3)ccc(F)c21. The van der Waals surface area contributed by atoms with Gasteiger partial charge in [-0.2, -0.15) is 5.10 Å². The normalized spacial score (nSPS) is 14.3. The Morgan fingerprint density at radius 2 is 2.17 bits per heavy atom. The van der Waals surface area contributed by atoms with Crippen molar-refractivity contribution in [2.75, 3.05) is 11.4 Å². The molecule has 4 heteroatoms. The molecule has 0 atom stereocenters. The van der Waals surface area contributed by atoms with Crippen LogP contribution in [-0.4, -0.2) is 22.8 Å². The van der Waals surface area contributed by atoms with Gasteiger partial charge >= 0.3 is 0 Å². The highest BCUT2D eigenvalue weighted by Crippen LogP contribution is 2.38. The van der Waals surface area contributed by atoms with Gasteiger partial charge in [-0.3, -0.25) is 5.10 Å². The number of nitrogens with one attached hydrogen (secondary N) is 1. The van der Waals surface area contributed by atoms with Gasteiger partial charge in [0.15, 0.2) is 0 Å². The summed E-state index contributed by atoms with van der Waals surface area (Å²) < 4.78 is 14.1. The molecule has 3 nitrogen and oxygen atoms in total. The number of benzene rings is 1. The average molecular weight is 245 g/mol. The van der Waals surface area contributed by atoms with Crippen molar-refractivity contribution < 1.29 is 4.39 Å². The van der Waals surface area contributed by atoms with Crippen molar-refractivity contribution in [3.8, 4) is 11.3 Å². The Bertz CT molecular complexity index is 561. The summed E-state index contributed by atoms with van der Waals surface area (Å²) in [6, 6.07) is 5.63. The summed E-state index contributed by atoms with van der Waals surface area (Å²) in [5.41, 5.74) is 3.87. The predicted molar refractivity (Wildman–Crippen MR) is 70.2 cm³/mol. The van der Waals surface area contributed by atoms with Crippen LogP contribution in [0.25, 0.3) is 11.3 Å². The Morgan fingerprint density at radius 3 is 2.83 bits per heavy atom. The van der Waals surface area contributed by atoms with Gasteiger partial charge in [-0.15, -0.1) is 0 Å². The molecule has 1 aliphatic heterocycles. The highest BCUT2D eigenvalue weighted by atomic mass is 19.1. The van der Waals surface area contributed by atoms with Crippen LogP contribution in [0.2, 0.25) is 0 Å². The highest BCUT2D eigenvalue weighted by Gasteiger charge is 2.27. The van der Waals surface area contributed by atoms with Crippen LogP contribution in [0.3, 0.4) is 0 Å². The molecule has 3 rings (SSSR count). The first-order valence-electron chi connectivity index (χ1n) is 6.26. The Balaban J connectivity index is 2.16. The fourth-order valence-electron chi connectivity index (χ4n) is 2.69. The summed E-state index contributed by atoms with van der Waals surface area (Å²) in [4.78, 5) is 2.13. The number of aromatic nitrogens is 2. The second-order valence-electron chi connectivity index (χ2n) is 4.93. The van der Waals surface area contributed by atoms with Gasteiger partial charge in [-0.25, -0.2) is 4.39 Å². The molecule has 0 bridgehead atoms. The predicted octanol–water partition coefficient (Wildman–Crippen LogP) is 2.99. The van der Waals surface area contributed by atoms with E-state index in [2.05, 4.69) is 28.9 Å². The Hall–Kier alpha value is -1.84. The third-order valence-corrected chi connectivity index (χ3v) is 3.54. The molecular weight excluding hydrogens is 229 g/mol. The minimum Gasteiger partial charge on any atom is -0.366 e. The average Bonchev–Trinajstić information content (AvgIpc) is 2.98. The van der Waals surface area contributed by atoms with Crippen LogP contribution in [-0.2, 0) is 6.42 Å². The second kappa shape index (κ2) is 4.12. The number of nitrogens with zero attached hydrogens (tertiary/aromatic N) is 2. The van der Waals surface area contributed by atoms with Crippen molar-refractivity contribution in [2.45, 2.75) is 26.3 Å². The molecule has 0 amide bonds. The second-order valence-corrected chi connectivity index (χ2v) is 4.93. The van der Waals surface area contributed by atoms with E-state index in [9.17, 15) is 4.39 Å². The van der Waals surface area contributed by atoms with Gasteiger partial charge in [0.2, 0.25) is 0 Å². The van der Waals surface area contributed by atoms with Crippen molar-refractivity contribution in [3.63, 3.8) is 0 Å². The topological polar surface area (TPSA) is 31.9 Å². The molecule has 18 heavy (non-hydrogen) atoms. The van der Waals surface area contributed by atoms with E-state index >= 15 is 0 Å². The van der Waals surface area contributed by atoms with Gasteiger partial charge < -0.3 is 4.90 Å². The molecule has 0 aliphatic carbocycles. The molecule has 0 spiro atoms. The monoisotopic (exact) mass is 245 g/mol. The summed E-state index contributed by atoms with van der Waals surface area (Å²) in [5, 5.41) is 6.92. The number of halogens is 1. The number of hydrogen-bond donors (Lipinski definition) is 1. The van der Waals surface area contributed by atoms with Crippen molar-refractivity contribution in [3.05, 3.63) is 35.8 Å². The van der Waals surface area contributed by atoms with E-state index in [1.807, 2.05) is 12.1 Å². The molecule has 0 saturated heterocycles. The van der Waals surface area contributed by atoms with E-state index in [1.54, 1.807) is 12.3 Å². The molecule has 1 N–H and O–H groups in total. The lowest BCUT2D eigenvalue weighted by Crippen LogP contribution is -2.29. The zero-order valence-corrected chi connectivity index (χ0v) is 10.6. The molecule has 0 saturated carbocycles. The smallest absolute Gasteiger partial charge is 0.146 e. The maximum absolute atomic E-state index is 14.1. The third-order valence-electron chi connectivity index (χ3n) is 3.54. The van der Waals surface area contributed by atoms with Crippen LogP contribution in [0.15, 0.2) is 24.4 Å². The summed E-state index contributed by atoms with van der Waals surface area (Å²) >= 11 is 0. The van der Waals surface area contributed by atoms with Crippen molar-refractivity contribution in [1.29, 1.82) is 0 Å². The van der Waals surface area contributed by atoms with Crippen molar-refractivity contribution in [2.24, 2.45) is 0 Å². The standard InChI is InChI=1S/C14H16FN3/c1-9(2)18-8-6-11-10(13-5-7-16-17-13)3-4-12(15)14(11)18/h3-5,7,9H,6,8H2,1-2H3,(H,16,17). The van der Waals surface area contributed by atoms with Crippen LogP contribution >= 0.6 is 0 Å². The largest absolute Gasteiger partial charge is 0.366 e. The van der Waals surface area contributed by atoms with Gasteiger partial charge in [-0.05, 0) is 44.0 Å². The zero-order chi connectivity index (χ0) is 12.7. The quantitative estimate of drug-likeness (QED) is 0.882. The fraction of sp³-hybridized carbons (Fsp3) is 0.357. The van der Waals surface area contributed by atoms with E-state index in [-0.39, 0.29) is 5.82 Å². The molecule has 2 heterocycles. The van der Waals surface area contributed by atoms with E-state index in [1.165, 1.54) is 0 Å². The lowest BCUT2D eigenvalue weighted by molar-refractivity contribution is 0.612. The highest BCUT2D eigenvalue weighted by molar-refractivity contribution is 5.75. The molecule has 1 aromatic carbocycles. The van der Waals surface area contributed by atoms with E-state index in [4.69, 9.17) is 0 Å². The van der Waals surface area contributed by atoms with Crippen molar-refractivity contribution >= 4 is 5.69 Å². The molecule has 0 unspecified atom stereocenters. The fourth-order valence-corrected chi connectivity index (χ4v) is 2.69. The first kappa shape index (κ1) is 11.3. The van der Waals surface area contributed by atoms with E-state index in [0.29, 0.717) is 6.04 Å². The molecule has 94 valence electrons. The molecule has 1 aliphatic rings. The molecule has 0 radical (unpaired) electrons.